The van der Waals surface area contributed by atoms with Crippen LogP contribution in [0.1, 0.15) is 47.4 Å². The number of benzene rings is 1. The van der Waals surface area contributed by atoms with Gasteiger partial charge in [0, 0.05) is 13.0 Å². The van der Waals surface area contributed by atoms with E-state index >= 15 is 0 Å². The molecule has 9 heteroatoms. The lowest BCUT2D eigenvalue weighted by molar-refractivity contribution is -0.119. The van der Waals surface area contributed by atoms with Crippen molar-refractivity contribution in [2.24, 2.45) is 0 Å². The molecule has 1 aliphatic rings. The summed E-state index contributed by atoms with van der Waals surface area (Å²) in [5.74, 6) is -0.477. The fourth-order valence-electron chi connectivity index (χ4n) is 3.59. The predicted octanol–water partition coefficient (Wildman–Crippen LogP) is 3.24. The molecule has 0 fully saturated rings. The molecule has 2 aromatic heterocycles. The molecule has 1 aromatic carbocycles. The number of anilines is 1. The van der Waals surface area contributed by atoms with Crippen molar-refractivity contribution < 1.29 is 14.3 Å². The Hall–Kier alpha value is -3.51. The van der Waals surface area contributed by atoms with E-state index in [0.717, 1.165) is 37.9 Å². The number of carbonyl (C=O) groups is 2. The van der Waals surface area contributed by atoms with Gasteiger partial charge in [0.15, 0.2) is 6.61 Å². The maximum absolute atomic E-state index is 12.9. The highest BCUT2D eigenvalue weighted by Gasteiger charge is 2.16. The van der Waals surface area contributed by atoms with Crippen LogP contribution in [-0.2, 0) is 22.5 Å². The summed E-state index contributed by atoms with van der Waals surface area (Å²) in [5, 5.41) is 14.1. The van der Waals surface area contributed by atoms with E-state index < -0.39 is 18.5 Å². The molecule has 3 aromatic rings. The Bertz CT molecular complexity index is 1250. The van der Waals surface area contributed by atoms with E-state index in [0.29, 0.717) is 28.0 Å². The van der Waals surface area contributed by atoms with Crippen LogP contribution in [-0.4, -0.2) is 28.0 Å². The van der Waals surface area contributed by atoms with Gasteiger partial charge in [-0.1, -0.05) is 12.8 Å². The number of aromatic nitrogens is 2. The Morgan fingerprint density at radius 1 is 1.23 bits per heavy atom. The van der Waals surface area contributed by atoms with Gasteiger partial charge in [-0.15, -0.1) is 11.3 Å². The number of esters is 1. The third-order valence-electron chi connectivity index (χ3n) is 5.18. The second kappa shape index (κ2) is 9.10. The van der Waals surface area contributed by atoms with Gasteiger partial charge in [0.25, 0.3) is 11.5 Å². The summed E-state index contributed by atoms with van der Waals surface area (Å²) in [6.07, 6.45) is 4.88. The quantitative estimate of drug-likeness (QED) is 0.628. The number of nitrogens with zero attached hydrogens (tertiary/aromatic N) is 3. The zero-order valence-electron chi connectivity index (χ0n) is 16.7. The second-order valence-electron chi connectivity index (χ2n) is 7.28. The number of aryl methyl sites for hydroxylation is 1. The highest BCUT2D eigenvalue weighted by Crippen LogP contribution is 2.22. The summed E-state index contributed by atoms with van der Waals surface area (Å²) in [5.41, 5.74) is 0.932. The zero-order chi connectivity index (χ0) is 21.8. The summed E-state index contributed by atoms with van der Waals surface area (Å²) in [6, 6.07) is 8.19. The Morgan fingerprint density at radius 3 is 2.90 bits per heavy atom. The molecule has 0 radical (unpaired) electrons. The number of thiophene rings is 1. The fraction of sp³-hybridized carbons (Fsp3) is 0.318. The molecule has 0 unspecified atom stereocenters. The summed E-state index contributed by atoms with van der Waals surface area (Å²) in [6.45, 7) is 0.174. The van der Waals surface area contributed by atoms with E-state index in [2.05, 4.69) is 10.3 Å². The van der Waals surface area contributed by atoms with Crippen LogP contribution in [0.25, 0.3) is 10.9 Å². The molecule has 1 aliphatic heterocycles. The maximum atomic E-state index is 12.9. The third kappa shape index (κ3) is 4.49. The number of nitrogens with one attached hydrogen (secondary N) is 1. The lowest BCUT2D eigenvalue weighted by atomic mass is 10.1. The number of rotatable bonds is 4. The molecule has 0 aliphatic carbocycles. The van der Waals surface area contributed by atoms with Crippen LogP contribution in [0.4, 0.5) is 5.00 Å². The minimum Gasteiger partial charge on any atom is -0.452 e. The van der Waals surface area contributed by atoms with Crippen LogP contribution in [0.3, 0.4) is 0 Å². The molecule has 31 heavy (non-hydrogen) atoms. The molecule has 158 valence electrons. The zero-order valence-corrected chi connectivity index (χ0v) is 17.5. The molecule has 0 saturated heterocycles. The molecule has 0 saturated carbocycles. The predicted molar refractivity (Wildman–Crippen MR) is 116 cm³/mol. The van der Waals surface area contributed by atoms with Crippen LogP contribution in [0.5, 0.6) is 0 Å². The number of fused-ring (bicyclic) bond motifs is 2. The highest BCUT2D eigenvalue weighted by atomic mass is 32.1. The number of nitriles is 1. The number of amides is 1. The highest BCUT2D eigenvalue weighted by molar-refractivity contribution is 7.14. The van der Waals surface area contributed by atoms with Gasteiger partial charge in [-0.2, -0.15) is 5.26 Å². The van der Waals surface area contributed by atoms with Gasteiger partial charge in [0.05, 0.1) is 22.0 Å². The standard InChI is InChI=1S/C22H20N4O4S/c23-12-15-8-10-31-20(15)25-19(27)13-30-22(29)14-6-7-16-17(11-14)24-18-5-3-1-2-4-9-26(18)21(16)28/h6-8,10-11H,1-5,9,13H2,(H,25,27). The van der Waals surface area contributed by atoms with Gasteiger partial charge in [0.2, 0.25) is 0 Å². The number of ether oxygens (including phenoxy) is 1. The molecule has 0 atom stereocenters. The van der Waals surface area contributed by atoms with Gasteiger partial charge < -0.3 is 10.1 Å². The molecule has 4 rings (SSSR count). The van der Waals surface area contributed by atoms with E-state index in [1.165, 1.54) is 23.5 Å². The van der Waals surface area contributed by atoms with Crippen molar-refractivity contribution in [3.05, 3.63) is 57.0 Å². The molecule has 0 bridgehead atoms. The average molecular weight is 436 g/mol. The lowest BCUT2D eigenvalue weighted by Crippen LogP contribution is -2.26. The molecule has 1 N–H and O–H groups in total. The van der Waals surface area contributed by atoms with Crippen LogP contribution in [0.2, 0.25) is 0 Å². The SMILES string of the molecule is N#Cc1ccsc1NC(=O)COC(=O)c1ccc2c(=O)n3c(nc2c1)CCCCCC3. The van der Waals surface area contributed by atoms with Gasteiger partial charge in [0.1, 0.15) is 16.9 Å². The van der Waals surface area contributed by atoms with E-state index in [4.69, 9.17) is 10.00 Å². The van der Waals surface area contributed by atoms with Crippen molar-refractivity contribution in [2.75, 3.05) is 11.9 Å². The number of hydrogen-bond donors (Lipinski definition) is 1. The molecule has 8 nitrogen and oxygen atoms in total. The van der Waals surface area contributed by atoms with Crippen molar-refractivity contribution in [3.8, 4) is 6.07 Å². The van der Waals surface area contributed by atoms with Crippen LogP contribution < -0.4 is 10.9 Å². The fourth-order valence-corrected chi connectivity index (χ4v) is 4.35. The van der Waals surface area contributed by atoms with E-state index in [1.807, 2.05) is 6.07 Å². The second-order valence-corrected chi connectivity index (χ2v) is 8.20. The van der Waals surface area contributed by atoms with E-state index in [9.17, 15) is 14.4 Å². The van der Waals surface area contributed by atoms with Crippen LogP contribution in [0, 0.1) is 11.3 Å². The van der Waals surface area contributed by atoms with E-state index in [1.54, 1.807) is 22.1 Å². The molecular formula is C22H20N4O4S. The first-order chi connectivity index (χ1) is 15.1. The van der Waals surface area contributed by atoms with Crippen molar-refractivity contribution >= 4 is 39.1 Å². The van der Waals surface area contributed by atoms with Gasteiger partial charge in [-0.25, -0.2) is 9.78 Å². The van der Waals surface area contributed by atoms with Crippen molar-refractivity contribution in [1.82, 2.24) is 9.55 Å². The Balaban J connectivity index is 1.49. The molecular weight excluding hydrogens is 416 g/mol. The largest absolute Gasteiger partial charge is 0.452 e. The van der Waals surface area contributed by atoms with Crippen LogP contribution in [0.15, 0.2) is 34.4 Å². The van der Waals surface area contributed by atoms with E-state index in [-0.39, 0.29) is 11.1 Å². The Labute approximate surface area is 182 Å². The topological polar surface area (TPSA) is 114 Å². The van der Waals surface area contributed by atoms with Crippen LogP contribution >= 0.6 is 11.3 Å². The summed E-state index contributed by atoms with van der Waals surface area (Å²) in [7, 11) is 0. The maximum Gasteiger partial charge on any atom is 0.338 e. The molecule has 1 amide bonds. The summed E-state index contributed by atoms with van der Waals surface area (Å²) >= 11 is 1.22. The normalized spacial score (nSPS) is 13.5. The van der Waals surface area contributed by atoms with Gasteiger partial charge >= 0.3 is 5.97 Å². The van der Waals surface area contributed by atoms with Gasteiger partial charge in [-0.3, -0.25) is 14.2 Å². The smallest absolute Gasteiger partial charge is 0.338 e. The third-order valence-corrected chi connectivity index (χ3v) is 6.01. The first kappa shape index (κ1) is 20.8. The molecule has 0 spiro atoms. The average Bonchev–Trinajstić information content (AvgIpc) is 3.20. The monoisotopic (exact) mass is 436 g/mol. The van der Waals surface area contributed by atoms with Crippen molar-refractivity contribution in [3.63, 3.8) is 0 Å². The summed E-state index contributed by atoms with van der Waals surface area (Å²) < 4.78 is 6.84. The lowest BCUT2D eigenvalue weighted by Gasteiger charge is -2.16. The Kier molecular flexibility index (Phi) is 6.09. The van der Waals surface area contributed by atoms with Crippen molar-refractivity contribution in [1.29, 1.82) is 5.26 Å². The first-order valence-corrected chi connectivity index (χ1v) is 10.9. The Morgan fingerprint density at radius 2 is 2.06 bits per heavy atom. The first-order valence-electron chi connectivity index (χ1n) is 10.0. The number of carbonyl (C=O) groups excluding carboxylic acids is 2. The number of hydrogen-bond acceptors (Lipinski definition) is 7. The molecule has 3 heterocycles. The summed E-state index contributed by atoms with van der Waals surface area (Å²) in [4.78, 5) is 42.0. The van der Waals surface area contributed by atoms with Crippen molar-refractivity contribution in [2.45, 2.75) is 38.6 Å². The minimum absolute atomic E-state index is 0.0922. The van der Waals surface area contributed by atoms with Gasteiger partial charge in [-0.05, 0) is 42.5 Å². The minimum atomic E-state index is -0.683.